The van der Waals surface area contributed by atoms with Crippen molar-refractivity contribution in [2.24, 2.45) is 11.8 Å². The van der Waals surface area contributed by atoms with Gasteiger partial charge in [0.15, 0.2) is 6.61 Å². The Morgan fingerprint density at radius 3 is 2.51 bits per heavy atom. The molecule has 0 bridgehead atoms. The lowest BCUT2D eigenvalue weighted by atomic mass is 9.73. The number of rotatable bonds is 6. The van der Waals surface area contributed by atoms with Crippen molar-refractivity contribution < 1.29 is 23.9 Å². The molecule has 1 aliphatic heterocycles. The predicted octanol–water partition coefficient (Wildman–Crippen LogP) is 6.28. The largest absolute Gasteiger partial charge is 0.452 e. The van der Waals surface area contributed by atoms with E-state index in [1.807, 2.05) is 18.2 Å². The molecule has 1 saturated heterocycles. The van der Waals surface area contributed by atoms with E-state index < -0.39 is 18.5 Å². The smallest absolute Gasteiger partial charge is 0.338 e. The topological polar surface area (TPSA) is 92.8 Å². The molecule has 1 heterocycles. The molecule has 0 unspecified atom stereocenters. The third-order valence-corrected chi connectivity index (χ3v) is 8.86. The highest BCUT2D eigenvalue weighted by Gasteiger charge is 2.50. The van der Waals surface area contributed by atoms with Crippen LogP contribution in [0.25, 0.3) is 0 Å². The van der Waals surface area contributed by atoms with Gasteiger partial charge in [0.1, 0.15) is 0 Å². The Morgan fingerprint density at radius 2 is 1.74 bits per heavy atom. The molecule has 0 aromatic heterocycles. The van der Waals surface area contributed by atoms with E-state index in [1.165, 1.54) is 22.6 Å². The maximum absolute atomic E-state index is 13.4. The van der Waals surface area contributed by atoms with Crippen LogP contribution in [0.5, 0.6) is 0 Å². The Hall–Kier alpha value is -3.49. The van der Waals surface area contributed by atoms with Crippen molar-refractivity contribution in [1.29, 1.82) is 0 Å². The van der Waals surface area contributed by atoms with Gasteiger partial charge in [-0.25, -0.2) is 4.79 Å². The number of ether oxygens (including phenoxy) is 1. The molecule has 3 aromatic carbocycles. The number of esters is 1. The van der Waals surface area contributed by atoms with Gasteiger partial charge in [0.2, 0.25) is 11.8 Å². The van der Waals surface area contributed by atoms with E-state index >= 15 is 0 Å². The summed E-state index contributed by atoms with van der Waals surface area (Å²) in [6.07, 6.45) is 2.11. The molecule has 9 heteroatoms. The number of imide groups is 1. The number of fused-ring (bicyclic) bond motifs is 1. The van der Waals surface area contributed by atoms with E-state index in [-0.39, 0.29) is 35.1 Å². The van der Waals surface area contributed by atoms with Gasteiger partial charge in [-0.2, -0.15) is 0 Å². The number of benzene rings is 3. The highest BCUT2D eigenvalue weighted by atomic mass is 79.9. The van der Waals surface area contributed by atoms with E-state index in [0.717, 1.165) is 6.42 Å². The maximum Gasteiger partial charge on any atom is 0.338 e. The lowest BCUT2D eigenvalue weighted by molar-refractivity contribution is -0.122. The molecule has 3 amide bonds. The van der Waals surface area contributed by atoms with Crippen LogP contribution in [0.4, 0.5) is 11.4 Å². The standard InChI is InChI=1S/C30H26BrClN2O5/c1-17-25(13-12-24(31)27(17)32)33-26(35)16-39-30(38)20-8-5-9-21(14-20)34-28(36)22-11-10-19(15-23(22)29(34)37)18-6-3-2-4-7-18/h2-9,12-14,19,22-23H,10-11,15-16H2,1H3,(H,33,35)/t19-,22-,23+/m1/s1. The SMILES string of the molecule is Cc1c(NC(=O)COC(=O)c2cccc(N3C(=O)[C@H]4C[C@H](c5ccccc5)CC[C@H]4C3=O)c2)ccc(Br)c1Cl. The fourth-order valence-corrected chi connectivity index (χ4v) is 6.02. The van der Waals surface area contributed by atoms with Crippen molar-refractivity contribution in [3.63, 3.8) is 0 Å². The second-order valence-electron chi connectivity index (χ2n) is 9.85. The average Bonchev–Trinajstić information content (AvgIpc) is 3.21. The minimum Gasteiger partial charge on any atom is -0.452 e. The summed E-state index contributed by atoms with van der Waals surface area (Å²) in [6, 6.07) is 19.7. The van der Waals surface area contributed by atoms with Crippen molar-refractivity contribution in [2.45, 2.75) is 32.1 Å². The van der Waals surface area contributed by atoms with Crippen molar-refractivity contribution in [3.05, 3.63) is 92.9 Å². The first kappa shape index (κ1) is 27.1. The van der Waals surface area contributed by atoms with Crippen molar-refractivity contribution >= 4 is 62.6 Å². The molecule has 0 radical (unpaired) electrons. The summed E-state index contributed by atoms with van der Waals surface area (Å²) in [5, 5.41) is 3.15. The quantitative estimate of drug-likeness (QED) is 0.262. The normalized spacial score (nSPS) is 20.5. The summed E-state index contributed by atoms with van der Waals surface area (Å²) in [6.45, 7) is 1.25. The second kappa shape index (κ2) is 11.3. The number of halogens is 2. The number of nitrogens with one attached hydrogen (secondary N) is 1. The second-order valence-corrected chi connectivity index (χ2v) is 11.1. The molecular formula is C30H26BrClN2O5. The molecule has 3 atom stereocenters. The fraction of sp³-hybridized carbons (Fsp3) is 0.267. The Kier molecular flexibility index (Phi) is 7.86. The number of amides is 3. The van der Waals surface area contributed by atoms with Crippen molar-refractivity contribution in [1.82, 2.24) is 0 Å². The van der Waals surface area contributed by atoms with Gasteiger partial charge < -0.3 is 10.1 Å². The number of hydrogen-bond donors (Lipinski definition) is 1. The summed E-state index contributed by atoms with van der Waals surface area (Å²) in [7, 11) is 0. The first-order chi connectivity index (χ1) is 18.7. The molecule has 1 saturated carbocycles. The first-order valence-corrected chi connectivity index (χ1v) is 13.9. The van der Waals surface area contributed by atoms with E-state index in [0.29, 0.717) is 39.3 Å². The zero-order valence-electron chi connectivity index (χ0n) is 21.2. The predicted molar refractivity (Wildman–Crippen MR) is 152 cm³/mol. The fourth-order valence-electron chi connectivity index (χ4n) is 5.42. The summed E-state index contributed by atoms with van der Waals surface area (Å²) in [5.74, 6) is -2.24. The van der Waals surface area contributed by atoms with Crippen LogP contribution in [-0.4, -0.2) is 30.3 Å². The van der Waals surface area contributed by atoms with E-state index in [9.17, 15) is 19.2 Å². The number of anilines is 2. The number of hydrogen-bond acceptors (Lipinski definition) is 5. The third-order valence-electron chi connectivity index (χ3n) is 7.48. The molecule has 1 aliphatic carbocycles. The zero-order valence-corrected chi connectivity index (χ0v) is 23.5. The molecule has 39 heavy (non-hydrogen) atoms. The van der Waals surface area contributed by atoms with Gasteiger partial charge in [0, 0.05) is 10.2 Å². The van der Waals surface area contributed by atoms with Crippen molar-refractivity contribution in [2.75, 3.05) is 16.8 Å². The van der Waals surface area contributed by atoms with Gasteiger partial charge in [0.05, 0.1) is 28.1 Å². The molecule has 7 nitrogen and oxygen atoms in total. The van der Waals surface area contributed by atoms with Gasteiger partial charge >= 0.3 is 5.97 Å². The number of nitrogens with zero attached hydrogens (tertiary/aromatic N) is 1. The van der Waals surface area contributed by atoms with Gasteiger partial charge in [-0.3, -0.25) is 19.3 Å². The molecule has 0 spiro atoms. The number of carbonyl (C=O) groups excluding carboxylic acids is 4. The van der Waals surface area contributed by atoms with Crippen molar-refractivity contribution in [3.8, 4) is 0 Å². The monoisotopic (exact) mass is 608 g/mol. The van der Waals surface area contributed by atoms with Crippen LogP contribution in [0.2, 0.25) is 5.02 Å². The van der Waals surface area contributed by atoms with Gasteiger partial charge in [-0.1, -0.05) is 48.0 Å². The minimum atomic E-state index is -0.738. The Bertz CT molecular complexity index is 1460. The molecule has 2 aliphatic rings. The Balaban J connectivity index is 1.24. The summed E-state index contributed by atoms with van der Waals surface area (Å²) < 4.78 is 5.91. The summed E-state index contributed by atoms with van der Waals surface area (Å²) in [5.41, 5.74) is 2.83. The maximum atomic E-state index is 13.4. The van der Waals surface area contributed by atoms with Crippen LogP contribution in [-0.2, 0) is 19.1 Å². The molecule has 2 fully saturated rings. The average molecular weight is 610 g/mol. The van der Waals surface area contributed by atoms with Gasteiger partial charge in [-0.15, -0.1) is 0 Å². The molecule has 200 valence electrons. The minimum absolute atomic E-state index is 0.140. The van der Waals surface area contributed by atoms with Crippen LogP contribution < -0.4 is 10.2 Å². The zero-order chi connectivity index (χ0) is 27.7. The van der Waals surface area contributed by atoms with Gasteiger partial charge in [-0.05, 0) is 89.5 Å². The molecule has 3 aromatic rings. The van der Waals surface area contributed by atoms with Gasteiger partial charge in [0.25, 0.3) is 5.91 Å². The number of carbonyl (C=O) groups is 4. The van der Waals surface area contributed by atoms with E-state index in [2.05, 4.69) is 33.4 Å². The highest BCUT2D eigenvalue weighted by molar-refractivity contribution is 9.10. The van der Waals surface area contributed by atoms with E-state index in [1.54, 1.807) is 31.2 Å². The van der Waals surface area contributed by atoms with Crippen LogP contribution in [0.1, 0.15) is 46.7 Å². The third kappa shape index (κ3) is 5.49. The van der Waals surface area contributed by atoms with E-state index in [4.69, 9.17) is 16.3 Å². The molecule has 1 N–H and O–H groups in total. The molecule has 5 rings (SSSR count). The first-order valence-electron chi connectivity index (χ1n) is 12.7. The lowest BCUT2D eigenvalue weighted by Gasteiger charge is -2.28. The lowest BCUT2D eigenvalue weighted by Crippen LogP contribution is -2.31. The van der Waals surface area contributed by atoms with Crippen LogP contribution in [0.3, 0.4) is 0 Å². The summed E-state index contributed by atoms with van der Waals surface area (Å²) >= 11 is 9.53. The Morgan fingerprint density at radius 1 is 1.00 bits per heavy atom. The summed E-state index contributed by atoms with van der Waals surface area (Å²) in [4.78, 5) is 53.0. The highest BCUT2D eigenvalue weighted by Crippen LogP contribution is 2.45. The Labute approximate surface area is 239 Å². The van der Waals surface area contributed by atoms with Crippen LogP contribution >= 0.6 is 27.5 Å². The van der Waals surface area contributed by atoms with Crippen LogP contribution in [0, 0.1) is 18.8 Å². The van der Waals surface area contributed by atoms with Crippen LogP contribution in [0.15, 0.2) is 71.2 Å². The molecular weight excluding hydrogens is 584 g/mol.